The van der Waals surface area contributed by atoms with Crippen LogP contribution in [-0.4, -0.2) is 24.2 Å². The molecule has 3 rings (SSSR count). The number of esters is 1. The summed E-state index contributed by atoms with van der Waals surface area (Å²) in [6, 6.07) is 13.6. The highest BCUT2D eigenvalue weighted by Gasteiger charge is 2.15. The van der Waals surface area contributed by atoms with Crippen LogP contribution in [0.4, 0.5) is 0 Å². The molecule has 32 heavy (non-hydrogen) atoms. The van der Waals surface area contributed by atoms with E-state index in [-0.39, 0.29) is 5.76 Å². The van der Waals surface area contributed by atoms with Crippen LogP contribution in [-0.2, 0) is 20.9 Å². The Morgan fingerprint density at radius 2 is 1.75 bits per heavy atom. The predicted molar refractivity (Wildman–Crippen MR) is 123 cm³/mol. The largest absolute Gasteiger partial charge is 0.487 e. The van der Waals surface area contributed by atoms with Crippen molar-refractivity contribution in [1.82, 2.24) is 4.98 Å². The maximum atomic E-state index is 12.1. The third-order valence-electron chi connectivity index (χ3n) is 4.95. The maximum Gasteiger partial charge on any atom is 0.373 e. The van der Waals surface area contributed by atoms with Gasteiger partial charge in [-0.25, -0.2) is 9.78 Å². The molecule has 0 atom stereocenters. The quantitative estimate of drug-likeness (QED) is 0.241. The standard InChI is InChI=1S/C26H29NO5/c1-6-29-24(26(28)30-7-2)15-20-12-13-21(14-18(20)4)31-16-23-19(5)32-25(27-23)22-11-9-8-10-17(22)3/h8-15H,6-7,16H2,1-5H3. The number of carbonyl (C=O) groups is 1. The van der Waals surface area contributed by atoms with E-state index in [1.165, 1.54) is 0 Å². The van der Waals surface area contributed by atoms with Gasteiger partial charge in [0.1, 0.15) is 23.8 Å². The van der Waals surface area contributed by atoms with Gasteiger partial charge in [-0.3, -0.25) is 0 Å². The van der Waals surface area contributed by atoms with Gasteiger partial charge in [0.25, 0.3) is 0 Å². The van der Waals surface area contributed by atoms with Gasteiger partial charge >= 0.3 is 5.97 Å². The van der Waals surface area contributed by atoms with Crippen molar-refractivity contribution in [3.63, 3.8) is 0 Å². The lowest BCUT2D eigenvalue weighted by atomic mass is 10.1. The molecule has 0 radical (unpaired) electrons. The molecule has 6 nitrogen and oxygen atoms in total. The molecule has 0 amide bonds. The normalized spacial score (nSPS) is 11.3. The first-order chi connectivity index (χ1) is 15.4. The van der Waals surface area contributed by atoms with Gasteiger partial charge in [0.05, 0.1) is 13.2 Å². The summed E-state index contributed by atoms with van der Waals surface area (Å²) in [6.45, 7) is 10.4. The zero-order valence-corrected chi connectivity index (χ0v) is 19.2. The Hall–Kier alpha value is -3.54. The summed E-state index contributed by atoms with van der Waals surface area (Å²) in [5.41, 5.74) is 4.64. The van der Waals surface area contributed by atoms with Gasteiger partial charge in [0.2, 0.25) is 11.6 Å². The molecule has 0 N–H and O–H groups in total. The van der Waals surface area contributed by atoms with E-state index in [2.05, 4.69) is 4.98 Å². The summed E-state index contributed by atoms with van der Waals surface area (Å²) in [6.07, 6.45) is 1.69. The summed E-state index contributed by atoms with van der Waals surface area (Å²) in [5, 5.41) is 0. The van der Waals surface area contributed by atoms with E-state index < -0.39 is 5.97 Å². The minimum absolute atomic E-state index is 0.188. The number of carbonyl (C=O) groups excluding carboxylic acids is 1. The van der Waals surface area contributed by atoms with Crippen molar-refractivity contribution >= 4 is 12.0 Å². The molecule has 0 spiro atoms. The predicted octanol–water partition coefficient (Wildman–Crippen LogP) is 5.79. The second-order valence-corrected chi connectivity index (χ2v) is 7.31. The molecular formula is C26H29NO5. The third-order valence-corrected chi connectivity index (χ3v) is 4.95. The Morgan fingerprint density at radius 3 is 2.44 bits per heavy atom. The van der Waals surface area contributed by atoms with E-state index >= 15 is 0 Å². The van der Waals surface area contributed by atoms with Crippen LogP contribution in [0, 0.1) is 20.8 Å². The van der Waals surface area contributed by atoms with Crippen molar-refractivity contribution in [3.05, 3.63) is 76.4 Å². The molecule has 6 heteroatoms. The van der Waals surface area contributed by atoms with Gasteiger partial charge in [-0.1, -0.05) is 24.3 Å². The second-order valence-electron chi connectivity index (χ2n) is 7.31. The van der Waals surface area contributed by atoms with Crippen LogP contribution in [0.25, 0.3) is 17.5 Å². The first-order valence-corrected chi connectivity index (χ1v) is 10.7. The molecule has 3 aromatic rings. The maximum absolute atomic E-state index is 12.1. The Kier molecular flexibility index (Phi) is 7.71. The monoisotopic (exact) mass is 435 g/mol. The Labute approximate surface area is 188 Å². The number of aromatic nitrogens is 1. The molecule has 0 aliphatic rings. The van der Waals surface area contributed by atoms with Crippen molar-refractivity contribution < 1.29 is 23.4 Å². The van der Waals surface area contributed by atoms with E-state index in [1.807, 2.05) is 70.2 Å². The summed E-state index contributed by atoms with van der Waals surface area (Å²) < 4.78 is 22.3. The zero-order chi connectivity index (χ0) is 23.1. The van der Waals surface area contributed by atoms with Gasteiger partial charge in [-0.15, -0.1) is 0 Å². The van der Waals surface area contributed by atoms with Crippen molar-refractivity contribution in [2.24, 2.45) is 0 Å². The van der Waals surface area contributed by atoms with Gasteiger partial charge in [-0.2, -0.15) is 0 Å². The van der Waals surface area contributed by atoms with Gasteiger partial charge in [-0.05, 0) is 75.6 Å². The summed E-state index contributed by atoms with van der Waals surface area (Å²) in [5.74, 6) is 1.75. The number of aryl methyl sites for hydroxylation is 3. The average Bonchev–Trinajstić information content (AvgIpc) is 3.14. The van der Waals surface area contributed by atoms with Crippen LogP contribution < -0.4 is 4.74 Å². The number of oxazole rings is 1. The number of rotatable bonds is 9. The molecule has 0 unspecified atom stereocenters. The molecule has 1 aromatic heterocycles. The first-order valence-electron chi connectivity index (χ1n) is 10.7. The van der Waals surface area contributed by atoms with Crippen LogP contribution >= 0.6 is 0 Å². The number of nitrogens with zero attached hydrogens (tertiary/aromatic N) is 1. The lowest BCUT2D eigenvalue weighted by Crippen LogP contribution is -2.10. The third kappa shape index (κ3) is 5.58. The number of hydrogen-bond acceptors (Lipinski definition) is 6. The topological polar surface area (TPSA) is 70.8 Å². The molecule has 0 fully saturated rings. The van der Waals surface area contributed by atoms with Crippen LogP contribution in [0.2, 0.25) is 0 Å². The number of hydrogen-bond donors (Lipinski definition) is 0. The molecule has 0 saturated carbocycles. The zero-order valence-electron chi connectivity index (χ0n) is 19.2. The van der Waals surface area contributed by atoms with Crippen LogP contribution in [0.1, 0.15) is 42.0 Å². The highest BCUT2D eigenvalue weighted by molar-refractivity contribution is 5.91. The molecule has 1 heterocycles. The molecule has 0 aliphatic carbocycles. The SMILES string of the molecule is CCOC(=O)C(=Cc1ccc(OCc2nc(-c3ccccc3C)oc2C)cc1C)OCC. The van der Waals surface area contributed by atoms with Crippen LogP contribution in [0.3, 0.4) is 0 Å². The minimum Gasteiger partial charge on any atom is -0.487 e. The minimum atomic E-state index is -0.472. The smallest absolute Gasteiger partial charge is 0.373 e. The number of benzene rings is 2. The fourth-order valence-corrected chi connectivity index (χ4v) is 3.20. The lowest BCUT2D eigenvalue weighted by molar-refractivity contribution is -0.142. The highest BCUT2D eigenvalue weighted by Crippen LogP contribution is 2.26. The summed E-state index contributed by atoms with van der Waals surface area (Å²) in [4.78, 5) is 16.7. The van der Waals surface area contributed by atoms with E-state index in [4.69, 9.17) is 18.6 Å². The fraction of sp³-hybridized carbons (Fsp3) is 0.308. The second kappa shape index (κ2) is 10.7. The summed E-state index contributed by atoms with van der Waals surface area (Å²) in [7, 11) is 0. The van der Waals surface area contributed by atoms with E-state index in [0.717, 1.165) is 33.7 Å². The highest BCUT2D eigenvalue weighted by atomic mass is 16.6. The summed E-state index contributed by atoms with van der Waals surface area (Å²) >= 11 is 0. The van der Waals surface area contributed by atoms with Crippen LogP contribution in [0.5, 0.6) is 5.75 Å². The fourth-order valence-electron chi connectivity index (χ4n) is 3.20. The van der Waals surface area contributed by atoms with Crippen molar-refractivity contribution in [2.75, 3.05) is 13.2 Å². The molecule has 2 aromatic carbocycles. The van der Waals surface area contributed by atoms with Crippen molar-refractivity contribution in [1.29, 1.82) is 0 Å². The molecule has 0 bridgehead atoms. The molecule has 0 saturated heterocycles. The molecule has 0 aliphatic heterocycles. The van der Waals surface area contributed by atoms with E-state index in [1.54, 1.807) is 13.0 Å². The van der Waals surface area contributed by atoms with Gasteiger partial charge < -0.3 is 18.6 Å². The first kappa shape index (κ1) is 23.1. The average molecular weight is 436 g/mol. The molecular weight excluding hydrogens is 406 g/mol. The van der Waals surface area contributed by atoms with Gasteiger partial charge in [0, 0.05) is 5.56 Å². The lowest BCUT2D eigenvalue weighted by Gasteiger charge is -2.10. The Balaban J connectivity index is 1.73. The van der Waals surface area contributed by atoms with Crippen LogP contribution in [0.15, 0.2) is 52.6 Å². The molecule has 168 valence electrons. The van der Waals surface area contributed by atoms with Gasteiger partial charge in [0.15, 0.2) is 0 Å². The van der Waals surface area contributed by atoms with E-state index in [9.17, 15) is 4.79 Å². The van der Waals surface area contributed by atoms with E-state index in [0.29, 0.717) is 31.5 Å². The van der Waals surface area contributed by atoms with Crippen molar-refractivity contribution in [2.45, 2.75) is 41.2 Å². The Morgan fingerprint density at radius 1 is 1.00 bits per heavy atom. The Bertz CT molecular complexity index is 1110. The number of ether oxygens (including phenoxy) is 3. The van der Waals surface area contributed by atoms with Crippen molar-refractivity contribution in [3.8, 4) is 17.2 Å².